The number of rotatable bonds is 1. The lowest BCUT2D eigenvalue weighted by atomic mass is 10.1. The molecule has 0 fully saturated rings. The van der Waals surface area contributed by atoms with Crippen LogP contribution in [0.1, 0.15) is 11.3 Å². The van der Waals surface area contributed by atoms with E-state index in [-0.39, 0.29) is 0 Å². The summed E-state index contributed by atoms with van der Waals surface area (Å²) in [6.07, 6.45) is 0.967. The summed E-state index contributed by atoms with van der Waals surface area (Å²) in [5.41, 5.74) is 4.71. The molecule has 5 heteroatoms. The van der Waals surface area contributed by atoms with Gasteiger partial charge in [0.05, 0.1) is 10.7 Å². The fourth-order valence-corrected chi connectivity index (χ4v) is 3.55. The first kappa shape index (κ1) is 14.5. The molecule has 3 aromatic rings. The summed E-state index contributed by atoms with van der Waals surface area (Å²) in [6.45, 7) is 1.71. The summed E-state index contributed by atoms with van der Waals surface area (Å²) in [4.78, 5) is 5.72. The van der Waals surface area contributed by atoms with Gasteiger partial charge in [-0.2, -0.15) is 0 Å². The van der Waals surface area contributed by atoms with Gasteiger partial charge in [-0.25, -0.2) is 0 Å². The van der Waals surface area contributed by atoms with Crippen LogP contribution >= 0.6 is 23.8 Å². The van der Waals surface area contributed by atoms with Crippen LogP contribution in [0.2, 0.25) is 5.02 Å². The molecule has 0 saturated carbocycles. The number of benzene rings is 2. The highest BCUT2D eigenvalue weighted by atomic mass is 35.5. The standard InChI is InChI=1S/C18H16ClN3S/c19-14-6-2-4-8-17(14)21-18(23)22-10-9-16-13(11-22)12-5-1-3-7-15(12)20-16/h1-8,20H,9-11H2,(H,21,23). The van der Waals surface area contributed by atoms with Crippen LogP contribution in [0.25, 0.3) is 10.9 Å². The van der Waals surface area contributed by atoms with Crippen molar-refractivity contribution in [1.82, 2.24) is 9.88 Å². The van der Waals surface area contributed by atoms with Crippen molar-refractivity contribution in [2.45, 2.75) is 13.0 Å². The van der Waals surface area contributed by atoms with Gasteiger partial charge in [0, 0.05) is 41.7 Å². The molecule has 2 aromatic carbocycles. The van der Waals surface area contributed by atoms with Crippen molar-refractivity contribution in [3.63, 3.8) is 0 Å². The Kier molecular flexibility index (Phi) is 3.71. The van der Waals surface area contributed by atoms with E-state index in [2.05, 4.69) is 39.5 Å². The number of fused-ring (bicyclic) bond motifs is 3. The first-order chi connectivity index (χ1) is 11.2. The lowest BCUT2D eigenvalue weighted by Gasteiger charge is -2.30. The number of aromatic nitrogens is 1. The molecule has 0 amide bonds. The van der Waals surface area contributed by atoms with Gasteiger partial charge in [-0.15, -0.1) is 0 Å². The number of para-hydroxylation sites is 2. The van der Waals surface area contributed by atoms with Gasteiger partial charge in [0.1, 0.15) is 0 Å². The average Bonchev–Trinajstić information content (AvgIpc) is 2.94. The second-order valence-corrected chi connectivity index (χ2v) is 6.50. The maximum Gasteiger partial charge on any atom is 0.173 e. The van der Waals surface area contributed by atoms with Crippen LogP contribution in [0.4, 0.5) is 5.69 Å². The zero-order chi connectivity index (χ0) is 15.8. The van der Waals surface area contributed by atoms with Crippen molar-refractivity contribution in [3.05, 3.63) is 64.8 Å². The summed E-state index contributed by atoms with van der Waals surface area (Å²) in [6, 6.07) is 16.1. The van der Waals surface area contributed by atoms with Crippen LogP contribution in [0.3, 0.4) is 0 Å². The van der Waals surface area contributed by atoms with Crippen LogP contribution in [0.5, 0.6) is 0 Å². The van der Waals surface area contributed by atoms with Gasteiger partial charge in [-0.1, -0.05) is 41.9 Å². The third kappa shape index (κ3) is 2.69. The van der Waals surface area contributed by atoms with Gasteiger partial charge in [-0.3, -0.25) is 0 Å². The minimum atomic E-state index is 0.680. The second-order valence-electron chi connectivity index (χ2n) is 5.71. The van der Waals surface area contributed by atoms with Gasteiger partial charge in [0.2, 0.25) is 0 Å². The molecule has 23 heavy (non-hydrogen) atoms. The summed E-state index contributed by atoms with van der Waals surface area (Å²) in [5.74, 6) is 0. The van der Waals surface area contributed by atoms with Gasteiger partial charge in [0.25, 0.3) is 0 Å². The highest BCUT2D eigenvalue weighted by Gasteiger charge is 2.22. The molecule has 1 aliphatic rings. The van der Waals surface area contributed by atoms with E-state index in [0.717, 1.165) is 25.2 Å². The molecule has 2 N–H and O–H groups in total. The summed E-state index contributed by atoms with van der Waals surface area (Å²) in [5, 5.41) is 5.95. The molecule has 0 unspecified atom stereocenters. The predicted octanol–water partition coefficient (Wildman–Crippen LogP) is 4.58. The third-order valence-corrected chi connectivity index (χ3v) is 4.98. The number of aromatic amines is 1. The molecule has 1 aliphatic heterocycles. The van der Waals surface area contributed by atoms with Crippen LogP contribution < -0.4 is 5.32 Å². The van der Waals surface area contributed by atoms with E-state index in [4.69, 9.17) is 23.8 Å². The summed E-state index contributed by atoms with van der Waals surface area (Å²) >= 11 is 11.8. The number of hydrogen-bond donors (Lipinski definition) is 2. The van der Waals surface area contributed by atoms with Crippen LogP contribution in [-0.2, 0) is 13.0 Å². The van der Waals surface area contributed by atoms with Crippen molar-refractivity contribution < 1.29 is 0 Å². The normalized spacial score (nSPS) is 13.9. The van der Waals surface area contributed by atoms with Gasteiger partial charge >= 0.3 is 0 Å². The summed E-state index contributed by atoms with van der Waals surface area (Å²) in [7, 11) is 0. The molecule has 0 spiro atoms. The van der Waals surface area contributed by atoms with Crippen molar-refractivity contribution >= 4 is 45.5 Å². The maximum absolute atomic E-state index is 6.20. The molecule has 0 atom stereocenters. The van der Waals surface area contributed by atoms with Crippen LogP contribution in [0.15, 0.2) is 48.5 Å². The van der Waals surface area contributed by atoms with E-state index in [1.807, 2.05) is 24.3 Å². The molecule has 0 aliphatic carbocycles. The molecule has 116 valence electrons. The Labute approximate surface area is 145 Å². The van der Waals surface area contributed by atoms with Crippen molar-refractivity contribution in [3.8, 4) is 0 Å². The molecule has 0 radical (unpaired) electrons. The fourth-order valence-electron chi connectivity index (χ4n) is 3.10. The first-order valence-corrected chi connectivity index (χ1v) is 8.40. The number of anilines is 1. The van der Waals surface area contributed by atoms with E-state index in [0.29, 0.717) is 10.1 Å². The van der Waals surface area contributed by atoms with E-state index in [1.54, 1.807) is 0 Å². The second kappa shape index (κ2) is 5.87. The third-order valence-electron chi connectivity index (χ3n) is 4.29. The molecular formula is C18H16ClN3S. The molecule has 1 aromatic heterocycles. The maximum atomic E-state index is 6.20. The van der Waals surface area contributed by atoms with E-state index < -0.39 is 0 Å². The Balaban J connectivity index is 1.58. The number of H-pyrrole nitrogens is 1. The highest BCUT2D eigenvalue weighted by molar-refractivity contribution is 7.80. The van der Waals surface area contributed by atoms with Gasteiger partial charge in [-0.05, 0) is 30.4 Å². The topological polar surface area (TPSA) is 31.1 Å². The average molecular weight is 342 g/mol. The molecule has 3 nitrogen and oxygen atoms in total. The molecule has 2 heterocycles. The highest BCUT2D eigenvalue weighted by Crippen LogP contribution is 2.28. The Hall–Kier alpha value is -2.04. The van der Waals surface area contributed by atoms with E-state index in [1.165, 1.54) is 22.2 Å². The lowest BCUT2D eigenvalue weighted by molar-refractivity contribution is 0.399. The summed E-state index contributed by atoms with van der Waals surface area (Å²) < 4.78 is 0. The van der Waals surface area contributed by atoms with Crippen LogP contribution in [0, 0.1) is 0 Å². The smallest absolute Gasteiger partial charge is 0.173 e. The van der Waals surface area contributed by atoms with Gasteiger partial charge < -0.3 is 15.2 Å². The van der Waals surface area contributed by atoms with E-state index in [9.17, 15) is 0 Å². The fraction of sp³-hybridized carbons (Fsp3) is 0.167. The number of nitrogens with zero attached hydrogens (tertiary/aromatic N) is 1. The number of nitrogens with one attached hydrogen (secondary N) is 2. The largest absolute Gasteiger partial charge is 0.358 e. The number of thiocarbonyl (C=S) groups is 1. The molecule has 4 rings (SSSR count). The molecular weight excluding hydrogens is 326 g/mol. The number of halogens is 1. The predicted molar refractivity (Wildman–Crippen MR) is 100 cm³/mol. The lowest BCUT2D eigenvalue weighted by Crippen LogP contribution is -2.38. The minimum Gasteiger partial charge on any atom is -0.358 e. The van der Waals surface area contributed by atoms with Crippen molar-refractivity contribution in [2.75, 3.05) is 11.9 Å². The zero-order valence-corrected chi connectivity index (χ0v) is 14.0. The molecule has 0 saturated heterocycles. The quantitative estimate of drug-likeness (QED) is 0.635. The Bertz CT molecular complexity index is 887. The van der Waals surface area contributed by atoms with Crippen molar-refractivity contribution in [2.24, 2.45) is 0 Å². The minimum absolute atomic E-state index is 0.680. The Morgan fingerprint density at radius 1 is 1.13 bits per heavy atom. The SMILES string of the molecule is S=C(Nc1ccccc1Cl)N1CCc2[nH]c3ccccc3c2C1. The Morgan fingerprint density at radius 2 is 1.91 bits per heavy atom. The van der Waals surface area contributed by atoms with Crippen LogP contribution in [-0.4, -0.2) is 21.5 Å². The first-order valence-electron chi connectivity index (χ1n) is 7.61. The Morgan fingerprint density at radius 3 is 2.78 bits per heavy atom. The number of hydrogen-bond acceptors (Lipinski definition) is 1. The van der Waals surface area contributed by atoms with Crippen molar-refractivity contribution in [1.29, 1.82) is 0 Å². The van der Waals surface area contributed by atoms with E-state index >= 15 is 0 Å². The zero-order valence-electron chi connectivity index (χ0n) is 12.5. The van der Waals surface area contributed by atoms with Gasteiger partial charge in [0.15, 0.2) is 5.11 Å². The molecule has 0 bridgehead atoms. The monoisotopic (exact) mass is 341 g/mol.